The van der Waals surface area contributed by atoms with Crippen LogP contribution in [0.3, 0.4) is 0 Å². The van der Waals surface area contributed by atoms with Crippen LogP contribution in [-0.2, 0) is 20.7 Å². The van der Waals surface area contributed by atoms with Gasteiger partial charge in [0.1, 0.15) is 11.5 Å². The number of anilines is 1. The Morgan fingerprint density at radius 1 is 1.04 bits per heavy atom. The van der Waals surface area contributed by atoms with Crippen molar-refractivity contribution in [3.05, 3.63) is 59.2 Å². The lowest BCUT2D eigenvalue weighted by Gasteiger charge is -2.11. The Kier molecular flexibility index (Phi) is 7.11. The van der Waals surface area contributed by atoms with Gasteiger partial charge in [0.15, 0.2) is 6.61 Å². The number of rotatable bonds is 8. The molecule has 2 rings (SSSR count). The lowest BCUT2D eigenvalue weighted by molar-refractivity contribution is -0.118. The smallest absolute Gasteiger partial charge is 0.337 e. The highest BCUT2D eigenvalue weighted by molar-refractivity contribution is 5.95. The summed E-state index contributed by atoms with van der Waals surface area (Å²) in [5, 5.41) is 2.73. The van der Waals surface area contributed by atoms with E-state index in [-0.39, 0.29) is 18.3 Å². The molecule has 2 aromatic rings. The van der Waals surface area contributed by atoms with E-state index >= 15 is 0 Å². The first-order valence-electron chi connectivity index (χ1n) is 8.59. The molecule has 0 saturated heterocycles. The van der Waals surface area contributed by atoms with Gasteiger partial charge in [-0.25, -0.2) is 4.79 Å². The zero-order chi connectivity index (χ0) is 19.8. The number of aryl methyl sites for hydroxylation is 2. The zero-order valence-electron chi connectivity index (χ0n) is 15.7. The van der Waals surface area contributed by atoms with Gasteiger partial charge >= 0.3 is 5.97 Å². The van der Waals surface area contributed by atoms with Gasteiger partial charge in [-0.15, -0.1) is 0 Å². The topological polar surface area (TPSA) is 81.7 Å². The number of ether oxygens (including phenoxy) is 2. The Balaban J connectivity index is 1.91. The van der Waals surface area contributed by atoms with E-state index < -0.39 is 5.97 Å². The van der Waals surface area contributed by atoms with Gasteiger partial charge in [-0.1, -0.05) is 18.2 Å². The molecule has 2 aromatic carbocycles. The summed E-state index contributed by atoms with van der Waals surface area (Å²) in [4.78, 5) is 34.8. The molecule has 1 amide bonds. The number of Topliss-reactive ketones (excluding diaryl/α,β-unsaturated/α-hetero) is 1. The summed E-state index contributed by atoms with van der Waals surface area (Å²) in [6.45, 7) is 3.24. The lowest BCUT2D eigenvalue weighted by Crippen LogP contribution is -2.21. The number of ketones is 1. The zero-order valence-corrected chi connectivity index (χ0v) is 15.7. The SMILES string of the molecule is COC(=O)c1ccc(C)c(NC(=O)COc2ccc(CCC(C)=O)cc2)c1. The number of hydrogen-bond donors (Lipinski definition) is 1. The normalized spacial score (nSPS) is 10.2. The van der Waals surface area contributed by atoms with Crippen LogP contribution in [-0.4, -0.2) is 31.4 Å². The summed E-state index contributed by atoms with van der Waals surface area (Å²) >= 11 is 0. The second kappa shape index (κ2) is 9.52. The predicted molar refractivity (Wildman–Crippen MR) is 102 cm³/mol. The van der Waals surface area contributed by atoms with Gasteiger partial charge in [0, 0.05) is 12.1 Å². The van der Waals surface area contributed by atoms with Gasteiger partial charge in [-0.05, 0) is 55.7 Å². The fraction of sp³-hybridized carbons (Fsp3) is 0.286. The van der Waals surface area contributed by atoms with E-state index in [1.807, 2.05) is 19.1 Å². The molecule has 0 bridgehead atoms. The van der Waals surface area contributed by atoms with E-state index in [1.165, 1.54) is 7.11 Å². The maximum absolute atomic E-state index is 12.1. The molecule has 0 atom stereocenters. The maximum Gasteiger partial charge on any atom is 0.337 e. The number of carbonyl (C=O) groups is 3. The number of amides is 1. The Morgan fingerprint density at radius 2 is 1.74 bits per heavy atom. The van der Waals surface area contributed by atoms with Crippen LogP contribution in [0.25, 0.3) is 0 Å². The van der Waals surface area contributed by atoms with Crippen LogP contribution >= 0.6 is 0 Å². The van der Waals surface area contributed by atoms with Crippen molar-refractivity contribution in [3.63, 3.8) is 0 Å². The summed E-state index contributed by atoms with van der Waals surface area (Å²) in [7, 11) is 1.31. The molecular weight excluding hydrogens is 346 g/mol. The fourth-order valence-corrected chi connectivity index (χ4v) is 2.41. The lowest BCUT2D eigenvalue weighted by atomic mass is 10.1. The van der Waals surface area contributed by atoms with Crippen LogP contribution < -0.4 is 10.1 Å². The first-order chi connectivity index (χ1) is 12.9. The summed E-state index contributed by atoms with van der Waals surface area (Å²) in [6.07, 6.45) is 1.19. The molecule has 0 spiro atoms. The molecule has 27 heavy (non-hydrogen) atoms. The Morgan fingerprint density at radius 3 is 2.37 bits per heavy atom. The van der Waals surface area contributed by atoms with Crippen molar-refractivity contribution in [1.29, 1.82) is 0 Å². The van der Waals surface area contributed by atoms with Gasteiger partial charge in [0.25, 0.3) is 5.91 Å². The third kappa shape index (κ3) is 6.26. The molecule has 0 aliphatic heterocycles. The minimum absolute atomic E-state index is 0.151. The quantitative estimate of drug-likeness (QED) is 0.722. The van der Waals surface area contributed by atoms with Crippen LogP contribution in [0.5, 0.6) is 5.75 Å². The molecular formula is C21H23NO5. The molecule has 0 aliphatic rings. The molecule has 0 fully saturated rings. The number of esters is 1. The number of methoxy groups -OCH3 is 1. The van der Waals surface area contributed by atoms with Crippen molar-refractivity contribution >= 4 is 23.3 Å². The Labute approximate surface area is 158 Å². The van der Waals surface area contributed by atoms with Gasteiger partial charge < -0.3 is 19.6 Å². The number of carbonyl (C=O) groups excluding carboxylic acids is 3. The standard InChI is InChI=1S/C21H23NO5/c1-14-4-9-17(21(25)26-3)12-19(14)22-20(24)13-27-18-10-7-16(8-11-18)6-5-15(2)23/h4,7-12H,5-6,13H2,1-3H3,(H,22,24). The number of nitrogens with one attached hydrogen (secondary N) is 1. The second-order valence-corrected chi connectivity index (χ2v) is 6.20. The van der Waals surface area contributed by atoms with E-state index in [9.17, 15) is 14.4 Å². The molecule has 0 unspecified atom stereocenters. The fourth-order valence-electron chi connectivity index (χ4n) is 2.41. The van der Waals surface area contributed by atoms with Crippen molar-refractivity contribution in [2.45, 2.75) is 26.7 Å². The van der Waals surface area contributed by atoms with Crippen LogP contribution in [0.4, 0.5) is 5.69 Å². The minimum atomic E-state index is -0.466. The third-order valence-corrected chi connectivity index (χ3v) is 3.99. The minimum Gasteiger partial charge on any atom is -0.484 e. The van der Waals surface area contributed by atoms with Crippen LogP contribution in [0.15, 0.2) is 42.5 Å². The average molecular weight is 369 g/mol. The third-order valence-electron chi connectivity index (χ3n) is 3.99. The van der Waals surface area contributed by atoms with E-state index in [1.54, 1.807) is 37.3 Å². The molecule has 0 radical (unpaired) electrons. The first kappa shape index (κ1) is 20.2. The van der Waals surface area contributed by atoms with E-state index in [0.717, 1.165) is 11.1 Å². The molecule has 6 nitrogen and oxygen atoms in total. The molecule has 142 valence electrons. The Bertz CT molecular complexity index is 827. The van der Waals surface area contributed by atoms with Crippen molar-refractivity contribution in [1.82, 2.24) is 0 Å². The molecule has 0 aromatic heterocycles. The highest BCUT2D eigenvalue weighted by Gasteiger charge is 2.11. The van der Waals surface area contributed by atoms with E-state index in [0.29, 0.717) is 29.8 Å². The summed E-state index contributed by atoms with van der Waals surface area (Å²) in [5.74, 6) is -0.0808. The maximum atomic E-state index is 12.1. The first-order valence-corrected chi connectivity index (χ1v) is 8.59. The summed E-state index contributed by atoms with van der Waals surface area (Å²) < 4.78 is 10.2. The van der Waals surface area contributed by atoms with Crippen molar-refractivity contribution in [3.8, 4) is 5.75 Å². The van der Waals surface area contributed by atoms with Gasteiger partial charge in [-0.3, -0.25) is 4.79 Å². The van der Waals surface area contributed by atoms with Crippen LogP contribution in [0.2, 0.25) is 0 Å². The predicted octanol–water partition coefficient (Wildman–Crippen LogP) is 3.32. The summed E-state index contributed by atoms with van der Waals surface area (Å²) in [5.41, 5.74) is 2.76. The average Bonchev–Trinajstić information content (AvgIpc) is 2.66. The molecule has 1 N–H and O–H groups in total. The molecule has 0 heterocycles. The van der Waals surface area contributed by atoms with Crippen molar-refractivity contribution in [2.75, 3.05) is 19.0 Å². The monoisotopic (exact) mass is 369 g/mol. The number of hydrogen-bond acceptors (Lipinski definition) is 5. The van der Waals surface area contributed by atoms with Crippen molar-refractivity contribution in [2.24, 2.45) is 0 Å². The molecule has 6 heteroatoms. The highest BCUT2D eigenvalue weighted by Crippen LogP contribution is 2.18. The van der Waals surface area contributed by atoms with Gasteiger partial charge in [-0.2, -0.15) is 0 Å². The molecule has 0 aliphatic carbocycles. The molecule has 0 saturated carbocycles. The number of benzene rings is 2. The largest absolute Gasteiger partial charge is 0.484 e. The van der Waals surface area contributed by atoms with Gasteiger partial charge in [0.05, 0.1) is 12.7 Å². The second-order valence-electron chi connectivity index (χ2n) is 6.20. The summed E-state index contributed by atoms with van der Waals surface area (Å²) in [6, 6.07) is 12.2. The van der Waals surface area contributed by atoms with Crippen LogP contribution in [0.1, 0.15) is 34.8 Å². The van der Waals surface area contributed by atoms with Crippen LogP contribution in [0, 0.1) is 6.92 Å². The highest BCUT2D eigenvalue weighted by atomic mass is 16.5. The van der Waals surface area contributed by atoms with Crippen molar-refractivity contribution < 1.29 is 23.9 Å². The Hall–Kier alpha value is -3.15. The van der Waals surface area contributed by atoms with E-state index in [4.69, 9.17) is 4.74 Å². The van der Waals surface area contributed by atoms with E-state index in [2.05, 4.69) is 10.1 Å². The van der Waals surface area contributed by atoms with Gasteiger partial charge in [0.2, 0.25) is 0 Å².